The predicted molar refractivity (Wildman–Crippen MR) is 98.9 cm³/mol. The quantitative estimate of drug-likeness (QED) is 0.773. The first-order valence-electron chi connectivity index (χ1n) is 8.98. The number of amides is 1. The van der Waals surface area contributed by atoms with E-state index in [-0.39, 0.29) is 24.2 Å². The highest BCUT2D eigenvalue weighted by molar-refractivity contribution is 5.99. The molecule has 0 aromatic heterocycles. The highest BCUT2D eigenvalue weighted by Crippen LogP contribution is 2.23. The van der Waals surface area contributed by atoms with E-state index in [9.17, 15) is 18.8 Å². The molecule has 1 saturated heterocycles. The molecule has 2 aromatic carbocycles. The van der Waals surface area contributed by atoms with E-state index >= 15 is 0 Å². The topological polar surface area (TPSA) is 83.9 Å². The number of Topliss-reactive ketones (excluding diaryl/α,β-unsaturated/α-hetero) is 1. The van der Waals surface area contributed by atoms with Crippen molar-refractivity contribution in [3.8, 4) is 5.75 Å². The first-order chi connectivity index (χ1) is 13.4. The van der Waals surface area contributed by atoms with Gasteiger partial charge < -0.3 is 14.7 Å². The number of aliphatic carboxylic acids is 1. The summed E-state index contributed by atoms with van der Waals surface area (Å²) in [5.41, 5.74) is 0.808. The molecule has 3 rings (SSSR count). The van der Waals surface area contributed by atoms with Gasteiger partial charge >= 0.3 is 5.97 Å². The molecule has 1 atom stereocenters. The van der Waals surface area contributed by atoms with E-state index in [0.717, 1.165) is 0 Å². The lowest BCUT2D eigenvalue weighted by molar-refractivity contribution is -0.139. The van der Waals surface area contributed by atoms with E-state index in [1.807, 2.05) is 0 Å². The summed E-state index contributed by atoms with van der Waals surface area (Å²) in [6.07, 6.45) is 1.36. The van der Waals surface area contributed by atoms with Gasteiger partial charge in [-0.1, -0.05) is 6.07 Å². The SMILES string of the molecule is O=C(O)COc1cccc(C(=O)N2CCCC(C(=O)c3ccc(F)cc3)C2)c1. The van der Waals surface area contributed by atoms with Crippen LogP contribution in [0.2, 0.25) is 0 Å². The maximum atomic E-state index is 13.1. The number of nitrogens with zero attached hydrogens (tertiary/aromatic N) is 1. The first kappa shape index (κ1) is 19.5. The average molecular weight is 385 g/mol. The predicted octanol–water partition coefficient (Wildman–Crippen LogP) is 3.02. The standard InChI is InChI=1S/C21H20FNO5/c22-17-8-6-14(7-9-17)20(26)16-4-2-10-23(12-16)21(27)15-3-1-5-18(11-15)28-13-19(24)25/h1,3,5-9,11,16H,2,4,10,12-13H2,(H,24,25). The molecule has 146 valence electrons. The summed E-state index contributed by atoms with van der Waals surface area (Å²) < 4.78 is 18.2. The van der Waals surface area contributed by atoms with Crippen LogP contribution in [0.4, 0.5) is 4.39 Å². The number of likely N-dealkylation sites (tertiary alicyclic amines) is 1. The molecular formula is C21H20FNO5. The molecule has 0 bridgehead atoms. The summed E-state index contributed by atoms with van der Waals surface area (Å²) >= 11 is 0. The van der Waals surface area contributed by atoms with Crippen molar-refractivity contribution in [2.45, 2.75) is 12.8 Å². The molecule has 0 aliphatic carbocycles. The second-order valence-corrected chi connectivity index (χ2v) is 6.67. The van der Waals surface area contributed by atoms with Crippen LogP contribution in [0.25, 0.3) is 0 Å². The first-order valence-corrected chi connectivity index (χ1v) is 8.98. The van der Waals surface area contributed by atoms with E-state index in [4.69, 9.17) is 9.84 Å². The fourth-order valence-electron chi connectivity index (χ4n) is 3.27. The number of halogens is 1. The third-order valence-electron chi connectivity index (χ3n) is 4.65. The molecule has 1 N–H and O–H groups in total. The number of piperidine rings is 1. The minimum absolute atomic E-state index is 0.101. The van der Waals surface area contributed by atoms with E-state index in [2.05, 4.69) is 0 Å². The summed E-state index contributed by atoms with van der Waals surface area (Å²) in [6.45, 7) is 0.330. The Morgan fingerprint density at radius 1 is 1.11 bits per heavy atom. The third-order valence-corrected chi connectivity index (χ3v) is 4.65. The molecule has 0 spiro atoms. The van der Waals surface area contributed by atoms with Crippen LogP contribution in [0.5, 0.6) is 5.75 Å². The second kappa shape index (κ2) is 8.65. The summed E-state index contributed by atoms with van der Waals surface area (Å²) in [5.74, 6) is -1.89. The van der Waals surface area contributed by atoms with Crippen LogP contribution in [-0.2, 0) is 4.79 Å². The van der Waals surface area contributed by atoms with Crippen LogP contribution < -0.4 is 4.74 Å². The van der Waals surface area contributed by atoms with Crippen LogP contribution >= 0.6 is 0 Å². The fraction of sp³-hybridized carbons (Fsp3) is 0.286. The number of ether oxygens (including phenoxy) is 1. The number of carboxylic acid groups (broad SMARTS) is 1. The number of carbonyl (C=O) groups is 3. The Morgan fingerprint density at radius 3 is 2.57 bits per heavy atom. The van der Waals surface area contributed by atoms with Gasteiger partial charge in [0.1, 0.15) is 11.6 Å². The van der Waals surface area contributed by atoms with Gasteiger partial charge in [0.25, 0.3) is 5.91 Å². The largest absolute Gasteiger partial charge is 0.482 e. The summed E-state index contributed by atoms with van der Waals surface area (Å²) in [4.78, 5) is 37.8. The van der Waals surface area contributed by atoms with Gasteiger partial charge in [-0.2, -0.15) is 0 Å². The van der Waals surface area contributed by atoms with Crippen molar-refractivity contribution in [1.29, 1.82) is 0 Å². The zero-order valence-electron chi connectivity index (χ0n) is 15.1. The van der Waals surface area contributed by atoms with Crippen LogP contribution in [0.3, 0.4) is 0 Å². The van der Waals surface area contributed by atoms with Crippen LogP contribution in [0.15, 0.2) is 48.5 Å². The summed E-state index contributed by atoms with van der Waals surface area (Å²) in [7, 11) is 0. The van der Waals surface area contributed by atoms with Crippen LogP contribution in [-0.4, -0.2) is 47.4 Å². The minimum Gasteiger partial charge on any atom is -0.482 e. The number of hydrogen-bond acceptors (Lipinski definition) is 4. The molecule has 0 radical (unpaired) electrons. The van der Waals surface area contributed by atoms with Crippen molar-refractivity contribution >= 4 is 17.7 Å². The molecule has 6 nitrogen and oxygen atoms in total. The van der Waals surface area contributed by atoms with E-state index in [1.165, 1.54) is 30.3 Å². The van der Waals surface area contributed by atoms with Gasteiger partial charge in [-0.3, -0.25) is 9.59 Å². The molecule has 7 heteroatoms. The minimum atomic E-state index is -1.10. The molecular weight excluding hydrogens is 365 g/mol. The van der Waals surface area contributed by atoms with Gasteiger partial charge in [-0.15, -0.1) is 0 Å². The molecule has 0 saturated carbocycles. The lowest BCUT2D eigenvalue weighted by Gasteiger charge is -2.32. The van der Waals surface area contributed by atoms with Gasteiger partial charge in [-0.05, 0) is 55.3 Å². The van der Waals surface area contributed by atoms with Crippen LogP contribution in [0, 0.1) is 11.7 Å². The zero-order valence-corrected chi connectivity index (χ0v) is 15.1. The Labute approximate surface area is 161 Å². The molecule has 1 heterocycles. The number of hydrogen-bond donors (Lipinski definition) is 1. The highest BCUT2D eigenvalue weighted by Gasteiger charge is 2.29. The Kier molecular flexibility index (Phi) is 6.03. The Balaban J connectivity index is 1.69. The summed E-state index contributed by atoms with van der Waals surface area (Å²) in [5, 5.41) is 8.69. The lowest BCUT2D eigenvalue weighted by Crippen LogP contribution is -2.42. The molecule has 1 fully saturated rings. The summed E-state index contributed by atoms with van der Waals surface area (Å²) in [6, 6.07) is 11.7. The van der Waals surface area contributed by atoms with Crippen molar-refractivity contribution in [3.05, 3.63) is 65.5 Å². The number of carboxylic acids is 1. The number of benzene rings is 2. The maximum Gasteiger partial charge on any atom is 0.341 e. The highest BCUT2D eigenvalue weighted by atomic mass is 19.1. The van der Waals surface area contributed by atoms with Gasteiger partial charge in [0, 0.05) is 30.1 Å². The lowest BCUT2D eigenvalue weighted by atomic mass is 9.89. The van der Waals surface area contributed by atoms with Crippen molar-refractivity contribution in [1.82, 2.24) is 4.90 Å². The van der Waals surface area contributed by atoms with E-state index < -0.39 is 18.4 Å². The number of ketones is 1. The molecule has 2 aromatic rings. The number of rotatable bonds is 6. The van der Waals surface area contributed by atoms with Crippen molar-refractivity contribution in [2.24, 2.45) is 5.92 Å². The molecule has 1 amide bonds. The van der Waals surface area contributed by atoms with E-state index in [0.29, 0.717) is 36.3 Å². The van der Waals surface area contributed by atoms with E-state index in [1.54, 1.807) is 23.1 Å². The van der Waals surface area contributed by atoms with Crippen LogP contribution in [0.1, 0.15) is 33.6 Å². The smallest absolute Gasteiger partial charge is 0.341 e. The van der Waals surface area contributed by atoms with Gasteiger partial charge in [0.05, 0.1) is 0 Å². The maximum absolute atomic E-state index is 13.1. The van der Waals surface area contributed by atoms with Gasteiger partial charge in [0.15, 0.2) is 12.4 Å². The van der Waals surface area contributed by atoms with Gasteiger partial charge in [-0.25, -0.2) is 9.18 Å². The normalized spacial score (nSPS) is 16.5. The average Bonchev–Trinajstić information content (AvgIpc) is 2.72. The molecule has 1 aliphatic rings. The fourth-order valence-corrected chi connectivity index (χ4v) is 3.27. The molecule has 28 heavy (non-hydrogen) atoms. The monoisotopic (exact) mass is 385 g/mol. The third kappa shape index (κ3) is 4.73. The Hall–Kier alpha value is -3.22. The second-order valence-electron chi connectivity index (χ2n) is 6.67. The molecule has 1 unspecified atom stereocenters. The zero-order chi connectivity index (χ0) is 20.1. The van der Waals surface area contributed by atoms with Crippen molar-refractivity contribution < 1.29 is 28.6 Å². The Bertz CT molecular complexity index is 881. The van der Waals surface area contributed by atoms with Crippen molar-refractivity contribution in [3.63, 3.8) is 0 Å². The van der Waals surface area contributed by atoms with Crippen molar-refractivity contribution in [2.75, 3.05) is 19.7 Å². The Morgan fingerprint density at radius 2 is 1.86 bits per heavy atom. The number of carbonyl (C=O) groups excluding carboxylic acids is 2. The van der Waals surface area contributed by atoms with Gasteiger partial charge in [0.2, 0.25) is 0 Å². The molecule has 1 aliphatic heterocycles.